The van der Waals surface area contributed by atoms with Gasteiger partial charge >= 0.3 is 0 Å². The van der Waals surface area contributed by atoms with E-state index in [9.17, 15) is 4.79 Å². The highest BCUT2D eigenvalue weighted by Crippen LogP contribution is 2.17. The molecule has 0 saturated carbocycles. The number of rotatable bonds is 1. The van der Waals surface area contributed by atoms with Crippen LogP contribution in [0.1, 0.15) is 0 Å². The number of nitrogens with zero attached hydrogens (tertiary/aromatic N) is 2. The maximum Gasteiger partial charge on any atom is 0.288 e. The average Bonchev–Trinajstić information content (AvgIpc) is 2.16. The molecule has 2 rings (SSSR count). The van der Waals surface area contributed by atoms with E-state index < -0.39 is 0 Å². The molecule has 0 aromatic rings. The first-order valence-electron chi connectivity index (χ1n) is 3.89. The Labute approximate surface area is 75.3 Å². The Kier molecular flexibility index (Phi) is 1.81. The molecule has 1 heterocycles. The van der Waals surface area contributed by atoms with Crippen molar-refractivity contribution in [2.45, 2.75) is 6.04 Å². The number of hydrogen-bond acceptors (Lipinski definition) is 3. The fourth-order valence-electron chi connectivity index (χ4n) is 1.29. The van der Waals surface area contributed by atoms with Crippen LogP contribution in [0.25, 0.3) is 0 Å². The maximum absolute atomic E-state index is 10.9. The van der Waals surface area contributed by atoms with E-state index in [1.165, 1.54) is 6.21 Å². The Balaban J connectivity index is 2.37. The summed E-state index contributed by atoms with van der Waals surface area (Å²) >= 11 is 0. The van der Waals surface area contributed by atoms with Crippen LogP contribution in [0.15, 0.2) is 34.0 Å². The van der Waals surface area contributed by atoms with Crippen molar-refractivity contribution in [1.82, 2.24) is 0 Å². The first-order valence-corrected chi connectivity index (χ1v) is 3.89. The predicted octanol–water partition coefficient (Wildman–Crippen LogP) is 0.507. The van der Waals surface area contributed by atoms with Gasteiger partial charge in [-0.3, -0.25) is 9.79 Å². The zero-order chi connectivity index (χ0) is 9.26. The minimum absolute atomic E-state index is 0.229. The second kappa shape index (κ2) is 2.97. The van der Waals surface area contributed by atoms with Crippen LogP contribution in [-0.4, -0.2) is 31.0 Å². The Morgan fingerprint density at radius 2 is 2.38 bits per heavy atom. The quantitative estimate of drug-likeness (QED) is 0.584. The summed E-state index contributed by atoms with van der Waals surface area (Å²) in [6.07, 6.45) is 6.60. The molecule has 0 aromatic heterocycles. The van der Waals surface area contributed by atoms with E-state index in [0.29, 0.717) is 11.5 Å². The number of aliphatic imine (C=N–C) groups is 2. The molecule has 0 fully saturated rings. The lowest BCUT2D eigenvalue weighted by Crippen LogP contribution is -2.27. The van der Waals surface area contributed by atoms with Gasteiger partial charge in [0, 0.05) is 0 Å². The molecular formula is C9H8N2O2. The molecule has 66 valence electrons. The van der Waals surface area contributed by atoms with Crippen LogP contribution in [0, 0.1) is 0 Å². The molecular weight excluding hydrogens is 168 g/mol. The number of methoxy groups -OCH3 is 1. The van der Waals surface area contributed by atoms with Crippen molar-refractivity contribution in [3.8, 4) is 0 Å². The molecule has 0 saturated heterocycles. The Morgan fingerprint density at radius 3 is 3.15 bits per heavy atom. The van der Waals surface area contributed by atoms with Gasteiger partial charge in [0.05, 0.1) is 19.0 Å². The van der Waals surface area contributed by atoms with Crippen LogP contribution in [0.4, 0.5) is 0 Å². The van der Waals surface area contributed by atoms with Gasteiger partial charge in [-0.2, -0.15) is 0 Å². The van der Waals surface area contributed by atoms with Crippen molar-refractivity contribution >= 4 is 17.8 Å². The molecule has 0 N–H and O–H groups in total. The van der Waals surface area contributed by atoms with Crippen molar-refractivity contribution in [3.05, 3.63) is 24.0 Å². The van der Waals surface area contributed by atoms with Gasteiger partial charge in [0.15, 0.2) is 0 Å². The SMILES string of the molecule is COC1=CC=CC2=NC(=O)C=NC12. The van der Waals surface area contributed by atoms with Crippen LogP contribution in [0.3, 0.4) is 0 Å². The van der Waals surface area contributed by atoms with E-state index in [0.717, 1.165) is 0 Å². The number of ether oxygens (including phenoxy) is 1. The zero-order valence-corrected chi connectivity index (χ0v) is 7.10. The molecule has 4 nitrogen and oxygen atoms in total. The van der Waals surface area contributed by atoms with Gasteiger partial charge < -0.3 is 4.74 Å². The second-order valence-electron chi connectivity index (χ2n) is 2.69. The average molecular weight is 176 g/mol. The second-order valence-corrected chi connectivity index (χ2v) is 2.69. The van der Waals surface area contributed by atoms with Crippen LogP contribution in [0.2, 0.25) is 0 Å². The third-order valence-corrected chi connectivity index (χ3v) is 1.89. The van der Waals surface area contributed by atoms with E-state index in [2.05, 4.69) is 9.98 Å². The van der Waals surface area contributed by atoms with Crippen LogP contribution in [-0.2, 0) is 9.53 Å². The summed E-state index contributed by atoms with van der Waals surface area (Å²) in [7, 11) is 1.58. The molecule has 0 spiro atoms. The molecule has 2 aliphatic rings. The van der Waals surface area contributed by atoms with E-state index >= 15 is 0 Å². The number of allylic oxidation sites excluding steroid dienone is 2. The zero-order valence-electron chi connectivity index (χ0n) is 7.10. The highest BCUT2D eigenvalue weighted by molar-refractivity contribution is 6.32. The lowest BCUT2D eigenvalue weighted by molar-refractivity contribution is -0.111. The number of fused-ring (bicyclic) bond motifs is 1. The van der Waals surface area contributed by atoms with Gasteiger partial charge in [0.1, 0.15) is 11.8 Å². The van der Waals surface area contributed by atoms with Crippen molar-refractivity contribution in [3.63, 3.8) is 0 Å². The number of carbonyl (C=O) groups is 1. The summed E-state index contributed by atoms with van der Waals surface area (Å²) in [6.45, 7) is 0. The number of hydrogen-bond donors (Lipinski definition) is 0. The summed E-state index contributed by atoms with van der Waals surface area (Å²) in [5.41, 5.74) is 0.645. The predicted molar refractivity (Wildman–Crippen MR) is 49.0 cm³/mol. The summed E-state index contributed by atoms with van der Waals surface area (Å²) < 4.78 is 5.10. The molecule has 1 amide bonds. The van der Waals surface area contributed by atoms with Crippen LogP contribution >= 0.6 is 0 Å². The lowest BCUT2D eigenvalue weighted by atomic mass is 10.0. The molecule has 0 aromatic carbocycles. The molecule has 1 aliphatic heterocycles. The lowest BCUT2D eigenvalue weighted by Gasteiger charge is -2.19. The van der Waals surface area contributed by atoms with Gasteiger partial charge in [-0.25, -0.2) is 4.99 Å². The Hall–Kier alpha value is -1.71. The van der Waals surface area contributed by atoms with Crippen molar-refractivity contribution < 1.29 is 9.53 Å². The highest BCUT2D eigenvalue weighted by Gasteiger charge is 2.24. The van der Waals surface area contributed by atoms with Crippen LogP contribution < -0.4 is 0 Å². The van der Waals surface area contributed by atoms with E-state index in [1.54, 1.807) is 19.3 Å². The molecule has 0 bridgehead atoms. The van der Waals surface area contributed by atoms with Crippen molar-refractivity contribution in [2.75, 3.05) is 7.11 Å². The van der Waals surface area contributed by atoms with Gasteiger partial charge in [0.25, 0.3) is 5.91 Å². The fourth-order valence-corrected chi connectivity index (χ4v) is 1.29. The summed E-state index contributed by atoms with van der Waals surface area (Å²) in [4.78, 5) is 18.7. The van der Waals surface area contributed by atoms with Crippen molar-refractivity contribution in [2.24, 2.45) is 9.98 Å². The number of carbonyl (C=O) groups excluding carboxylic acids is 1. The fraction of sp³-hybridized carbons (Fsp3) is 0.222. The topological polar surface area (TPSA) is 51.0 Å². The monoisotopic (exact) mass is 176 g/mol. The van der Waals surface area contributed by atoms with Crippen molar-refractivity contribution in [1.29, 1.82) is 0 Å². The highest BCUT2D eigenvalue weighted by atomic mass is 16.5. The largest absolute Gasteiger partial charge is 0.498 e. The van der Waals surface area contributed by atoms with Gasteiger partial charge in [0.2, 0.25) is 0 Å². The standard InChI is InChI=1S/C9H8N2O2/c1-13-7-4-2-3-6-9(7)10-5-8(12)11-6/h2-5,9H,1H3. The molecule has 0 radical (unpaired) electrons. The van der Waals surface area contributed by atoms with E-state index in [4.69, 9.17) is 4.74 Å². The third-order valence-electron chi connectivity index (χ3n) is 1.89. The Bertz CT molecular complexity index is 364. The third kappa shape index (κ3) is 1.30. The van der Waals surface area contributed by atoms with Crippen LogP contribution in [0.5, 0.6) is 0 Å². The van der Waals surface area contributed by atoms with E-state index in [-0.39, 0.29) is 11.9 Å². The molecule has 4 heteroatoms. The number of amides is 1. The van der Waals surface area contributed by atoms with Gasteiger partial charge in [-0.15, -0.1) is 0 Å². The summed E-state index contributed by atoms with van der Waals surface area (Å²) in [5, 5.41) is 0. The van der Waals surface area contributed by atoms with E-state index in [1.807, 2.05) is 6.08 Å². The van der Waals surface area contributed by atoms with Gasteiger partial charge in [-0.05, 0) is 12.2 Å². The first kappa shape index (κ1) is 7.91. The minimum Gasteiger partial charge on any atom is -0.498 e. The van der Waals surface area contributed by atoms with Gasteiger partial charge in [-0.1, -0.05) is 6.08 Å². The molecule has 1 atom stereocenters. The summed E-state index contributed by atoms with van der Waals surface area (Å²) in [6, 6.07) is -0.229. The normalized spacial score (nSPS) is 25.0. The molecule has 1 unspecified atom stereocenters. The molecule has 13 heavy (non-hydrogen) atoms. The Morgan fingerprint density at radius 1 is 1.54 bits per heavy atom. The first-order chi connectivity index (χ1) is 6.31. The maximum atomic E-state index is 10.9. The minimum atomic E-state index is -0.312. The smallest absolute Gasteiger partial charge is 0.288 e. The molecule has 1 aliphatic carbocycles. The summed E-state index contributed by atoms with van der Waals surface area (Å²) in [5.74, 6) is 0.401.